The summed E-state index contributed by atoms with van der Waals surface area (Å²) in [5, 5.41) is 0. The Bertz CT molecular complexity index is 3580. The predicted molar refractivity (Wildman–Crippen MR) is 262 cm³/mol. The van der Waals surface area contributed by atoms with Crippen LogP contribution in [0.1, 0.15) is 33.4 Å². The van der Waals surface area contributed by atoms with E-state index in [0.717, 1.165) is 57.2 Å². The van der Waals surface area contributed by atoms with Gasteiger partial charge in [0, 0.05) is 28.2 Å². The van der Waals surface area contributed by atoms with Crippen LogP contribution in [0.25, 0.3) is 66.8 Å². The lowest BCUT2D eigenvalue weighted by Crippen LogP contribution is -2.29. The highest BCUT2D eigenvalue weighted by Gasteiger charge is 2.51. The molecule has 2 nitrogen and oxygen atoms in total. The van der Waals surface area contributed by atoms with Crippen molar-refractivity contribution in [3.8, 4) is 78.3 Å². The number of nitrogens with zero attached hydrogens (tertiary/aromatic N) is 1. The molecule has 0 bridgehead atoms. The van der Waals surface area contributed by atoms with Gasteiger partial charge in [-0.05, 0) is 144 Å². The number of hydrogen-bond donors (Lipinski definition) is 0. The van der Waals surface area contributed by atoms with Crippen molar-refractivity contribution in [3.63, 3.8) is 0 Å². The number of rotatable bonds is 3. The highest BCUT2D eigenvalue weighted by Crippen LogP contribution is 2.64. The molecule has 64 heavy (non-hydrogen) atoms. The summed E-state index contributed by atoms with van der Waals surface area (Å²) in [5.74, 6) is 1.71. The molecule has 1 atom stereocenters. The Hall–Kier alpha value is -8.20. The fraction of sp³-hybridized carbons (Fsp3) is 0.0323. The van der Waals surface area contributed by atoms with Crippen LogP contribution in [0.2, 0.25) is 0 Å². The lowest BCUT2D eigenvalue weighted by atomic mass is 9.65. The molecule has 0 saturated carbocycles. The van der Waals surface area contributed by atoms with Crippen molar-refractivity contribution < 1.29 is 4.74 Å². The summed E-state index contributed by atoms with van der Waals surface area (Å²) in [6, 6.07) is 83.1. The lowest BCUT2D eigenvalue weighted by Gasteiger charge is -2.36. The van der Waals surface area contributed by atoms with Crippen molar-refractivity contribution in [3.05, 3.63) is 258 Å². The fourth-order valence-electron chi connectivity index (χ4n) is 11.8. The van der Waals surface area contributed by atoms with Crippen molar-refractivity contribution >= 4 is 17.1 Å². The van der Waals surface area contributed by atoms with Crippen LogP contribution >= 0.6 is 0 Å². The Kier molecular flexibility index (Phi) is 7.41. The van der Waals surface area contributed by atoms with Crippen molar-refractivity contribution in [2.45, 2.75) is 11.8 Å². The predicted octanol–water partition coefficient (Wildman–Crippen LogP) is 16.2. The molecule has 10 aromatic carbocycles. The second kappa shape index (κ2) is 13.4. The van der Waals surface area contributed by atoms with E-state index in [-0.39, 0.29) is 0 Å². The van der Waals surface area contributed by atoms with E-state index in [2.05, 4.69) is 223 Å². The summed E-state index contributed by atoms with van der Waals surface area (Å²) in [4.78, 5) is 2.41. The van der Waals surface area contributed by atoms with Gasteiger partial charge in [0.05, 0.1) is 5.41 Å². The SMILES string of the molecule is c1ccc(N(c2ccc3c(c2)-c2ccccc2-c2ccccc2O3)c2ccc3c(c2)-c2ccccc2-c2ccccc2C32c3ccccc3-c3c2ccc2c3-c3ccccc3C2)cc1. The standard InChI is InChI=1S/C62H39NO/c1-2-17-41(18-3-1)63(43-32-35-59-53(38-43)48-23-9-7-21-46(48)50-25-12-15-29-58(50)64-59)42-31-34-56-52(37-42)47-22-8-6-20-45(47)49-24-10-13-27-54(49)62(56)55-28-14-11-26-51(55)61-57(62)33-30-40-36-39-16-4-5-19-44(39)60(40)61/h1-35,37-38H,36H2. The van der Waals surface area contributed by atoms with Crippen molar-refractivity contribution in [1.29, 1.82) is 0 Å². The van der Waals surface area contributed by atoms with Crippen LogP contribution in [0.4, 0.5) is 17.1 Å². The van der Waals surface area contributed by atoms with E-state index < -0.39 is 5.41 Å². The molecule has 0 aromatic heterocycles. The maximum absolute atomic E-state index is 6.73. The molecule has 0 N–H and O–H groups in total. The molecule has 1 heterocycles. The van der Waals surface area contributed by atoms with Crippen molar-refractivity contribution in [2.24, 2.45) is 0 Å². The maximum atomic E-state index is 6.73. The van der Waals surface area contributed by atoms with E-state index in [0.29, 0.717) is 0 Å². The minimum Gasteiger partial charge on any atom is -0.456 e. The van der Waals surface area contributed by atoms with Gasteiger partial charge in [0.2, 0.25) is 0 Å². The molecule has 1 aliphatic heterocycles. The van der Waals surface area contributed by atoms with Crippen LogP contribution in [-0.4, -0.2) is 0 Å². The molecule has 0 amide bonds. The van der Waals surface area contributed by atoms with Gasteiger partial charge in [-0.15, -0.1) is 0 Å². The Labute approximate surface area is 373 Å². The van der Waals surface area contributed by atoms with Gasteiger partial charge in [0.25, 0.3) is 0 Å². The molecule has 2 heteroatoms. The quantitative estimate of drug-likeness (QED) is 0.176. The van der Waals surface area contributed by atoms with Crippen molar-refractivity contribution in [2.75, 3.05) is 4.90 Å². The highest BCUT2D eigenvalue weighted by atomic mass is 16.5. The van der Waals surface area contributed by atoms with Gasteiger partial charge in [-0.2, -0.15) is 0 Å². The molecule has 3 aliphatic carbocycles. The first-order chi connectivity index (χ1) is 31.8. The second-order valence-electron chi connectivity index (χ2n) is 17.5. The third kappa shape index (κ3) is 4.80. The van der Waals surface area contributed by atoms with E-state index in [1.54, 1.807) is 0 Å². The molecule has 1 spiro atoms. The first-order valence-electron chi connectivity index (χ1n) is 22.3. The third-order valence-electron chi connectivity index (χ3n) is 14.3. The molecule has 0 radical (unpaired) electrons. The summed E-state index contributed by atoms with van der Waals surface area (Å²) in [6.45, 7) is 0. The van der Waals surface area contributed by atoms with E-state index in [1.165, 1.54) is 77.9 Å². The Morgan fingerprint density at radius 2 is 0.797 bits per heavy atom. The van der Waals surface area contributed by atoms with Crippen LogP contribution in [-0.2, 0) is 11.8 Å². The Morgan fingerprint density at radius 1 is 0.297 bits per heavy atom. The summed E-state index contributed by atoms with van der Waals surface area (Å²) in [7, 11) is 0. The highest BCUT2D eigenvalue weighted by molar-refractivity contribution is 6.03. The minimum absolute atomic E-state index is 0.584. The van der Waals surface area contributed by atoms with Gasteiger partial charge in [0.1, 0.15) is 11.5 Å². The molecule has 4 aliphatic rings. The van der Waals surface area contributed by atoms with E-state index in [1.807, 2.05) is 6.07 Å². The summed E-state index contributed by atoms with van der Waals surface area (Å²) >= 11 is 0. The summed E-state index contributed by atoms with van der Waals surface area (Å²) < 4.78 is 6.73. The maximum Gasteiger partial charge on any atom is 0.135 e. The van der Waals surface area contributed by atoms with Gasteiger partial charge >= 0.3 is 0 Å². The number of para-hydroxylation sites is 2. The Morgan fingerprint density at radius 3 is 1.56 bits per heavy atom. The molecule has 10 aromatic rings. The van der Waals surface area contributed by atoms with Crippen LogP contribution in [0.3, 0.4) is 0 Å². The second-order valence-corrected chi connectivity index (χ2v) is 17.5. The monoisotopic (exact) mass is 813 g/mol. The third-order valence-corrected chi connectivity index (χ3v) is 14.3. The fourth-order valence-corrected chi connectivity index (χ4v) is 11.8. The zero-order chi connectivity index (χ0) is 41.9. The van der Waals surface area contributed by atoms with Gasteiger partial charge in [-0.3, -0.25) is 0 Å². The van der Waals surface area contributed by atoms with Crippen LogP contribution in [0, 0.1) is 0 Å². The number of ether oxygens (including phenoxy) is 1. The zero-order valence-corrected chi connectivity index (χ0v) is 34.9. The lowest BCUT2D eigenvalue weighted by molar-refractivity contribution is 0.488. The van der Waals surface area contributed by atoms with Crippen LogP contribution < -0.4 is 9.64 Å². The zero-order valence-electron chi connectivity index (χ0n) is 34.9. The van der Waals surface area contributed by atoms with Crippen LogP contribution in [0.15, 0.2) is 224 Å². The number of hydrogen-bond acceptors (Lipinski definition) is 2. The van der Waals surface area contributed by atoms with Gasteiger partial charge in [-0.1, -0.05) is 176 Å². The van der Waals surface area contributed by atoms with Gasteiger partial charge < -0.3 is 9.64 Å². The molecule has 0 saturated heterocycles. The topological polar surface area (TPSA) is 12.5 Å². The number of benzene rings is 10. The largest absolute Gasteiger partial charge is 0.456 e. The summed E-state index contributed by atoms with van der Waals surface area (Å²) in [5.41, 5.74) is 25.6. The average Bonchev–Trinajstić information content (AvgIpc) is 3.80. The van der Waals surface area contributed by atoms with Crippen molar-refractivity contribution in [1.82, 2.24) is 0 Å². The molecule has 298 valence electrons. The van der Waals surface area contributed by atoms with Gasteiger partial charge in [-0.25, -0.2) is 0 Å². The van der Waals surface area contributed by atoms with Gasteiger partial charge in [0.15, 0.2) is 0 Å². The van der Waals surface area contributed by atoms with Crippen LogP contribution in [0.5, 0.6) is 11.5 Å². The first kappa shape index (κ1) is 35.4. The average molecular weight is 814 g/mol. The normalized spacial score (nSPS) is 15.0. The Balaban J connectivity index is 1.05. The number of fused-ring (bicyclic) bond motifs is 21. The number of anilines is 3. The van der Waals surface area contributed by atoms with E-state index in [9.17, 15) is 0 Å². The summed E-state index contributed by atoms with van der Waals surface area (Å²) in [6.07, 6.45) is 0.957. The van der Waals surface area contributed by atoms with E-state index >= 15 is 0 Å². The molecular formula is C62H39NO. The molecule has 0 fully saturated rings. The van der Waals surface area contributed by atoms with E-state index in [4.69, 9.17) is 4.74 Å². The molecular weight excluding hydrogens is 775 g/mol. The molecule has 14 rings (SSSR count). The molecule has 1 unspecified atom stereocenters. The first-order valence-corrected chi connectivity index (χ1v) is 22.3. The minimum atomic E-state index is -0.584. The smallest absolute Gasteiger partial charge is 0.135 e.